The van der Waals surface area contributed by atoms with Gasteiger partial charge in [0.15, 0.2) is 18.0 Å². The maximum absolute atomic E-state index is 12.4. The van der Waals surface area contributed by atoms with E-state index >= 15 is 0 Å². The summed E-state index contributed by atoms with van der Waals surface area (Å²) in [4.78, 5) is 19.0. The number of ether oxygens (including phenoxy) is 1. The summed E-state index contributed by atoms with van der Waals surface area (Å²) in [6.45, 7) is 4.28. The molecule has 0 amide bonds. The summed E-state index contributed by atoms with van der Waals surface area (Å²) in [7, 11) is 0. The van der Waals surface area contributed by atoms with Crippen molar-refractivity contribution in [3.8, 4) is 0 Å². The smallest absolute Gasteiger partial charge is 0.309 e. The fourth-order valence-corrected chi connectivity index (χ4v) is 3.27. The standard InChI is InChI=1S/C18H22N6O3/c1-2-9-24-16(20-21-22-24)12-26-17(25)13-7-10-23(11-8-13)18-19-14-5-3-4-6-15(14)27-18/h3-6,13H,2,7-12H2,1H3. The molecule has 0 N–H and O–H groups in total. The number of carbonyl (C=O) groups excluding carboxylic acids is 1. The molecule has 0 spiro atoms. The largest absolute Gasteiger partial charge is 0.457 e. The summed E-state index contributed by atoms with van der Waals surface area (Å²) in [6.07, 6.45) is 2.33. The van der Waals surface area contributed by atoms with Crippen LogP contribution >= 0.6 is 0 Å². The Hall–Kier alpha value is -2.97. The van der Waals surface area contributed by atoms with Crippen LogP contribution in [-0.2, 0) is 22.7 Å². The van der Waals surface area contributed by atoms with Gasteiger partial charge >= 0.3 is 5.97 Å². The molecule has 3 aromatic rings. The highest BCUT2D eigenvalue weighted by atomic mass is 16.5. The molecule has 0 unspecified atom stereocenters. The summed E-state index contributed by atoms with van der Waals surface area (Å²) in [5, 5.41) is 11.5. The van der Waals surface area contributed by atoms with Gasteiger partial charge in [-0.05, 0) is 41.8 Å². The highest BCUT2D eigenvalue weighted by Gasteiger charge is 2.28. The number of esters is 1. The molecule has 1 fully saturated rings. The lowest BCUT2D eigenvalue weighted by Gasteiger charge is -2.29. The first-order valence-corrected chi connectivity index (χ1v) is 9.27. The van der Waals surface area contributed by atoms with Gasteiger partial charge in [0.25, 0.3) is 6.01 Å². The lowest BCUT2D eigenvalue weighted by atomic mass is 9.97. The van der Waals surface area contributed by atoms with Crippen molar-refractivity contribution >= 4 is 23.1 Å². The van der Waals surface area contributed by atoms with E-state index in [-0.39, 0.29) is 18.5 Å². The fraction of sp³-hybridized carbons (Fsp3) is 0.500. The third-order valence-electron chi connectivity index (χ3n) is 4.77. The molecule has 3 heterocycles. The number of oxazole rings is 1. The molecule has 0 radical (unpaired) electrons. The van der Waals surface area contributed by atoms with Crippen molar-refractivity contribution in [1.29, 1.82) is 0 Å². The molecule has 0 aliphatic carbocycles. The van der Waals surface area contributed by atoms with Gasteiger partial charge in [0.2, 0.25) is 0 Å². The molecule has 1 saturated heterocycles. The second-order valence-electron chi connectivity index (χ2n) is 6.65. The highest BCUT2D eigenvalue weighted by Crippen LogP contribution is 2.26. The molecular formula is C18H22N6O3. The van der Waals surface area contributed by atoms with Crippen LogP contribution in [0.25, 0.3) is 11.1 Å². The number of para-hydroxylation sites is 2. The van der Waals surface area contributed by atoms with Crippen molar-refractivity contribution in [2.75, 3.05) is 18.0 Å². The second-order valence-corrected chi connectivity index (χ2v) is 6.65. The van der Waals surface area contributed by atoms with Gasteiger partial charge in [-0.2, -0.15) is 4.98 Å². The van der Waals surface area contributed by atoms with E-state index in [2.05, 4.69) is 25.4 Å². The highest BCUT2D eigenvalue weighted by molar-refractivity contribution is 5.75. The number of carbonyl (C=O) groups is 1. The van der Waals surface area contributed by atoms with Crippen LogP contribution in [0.15, 0.2) is 28.7 Å². The minimum absolute atomic E-state index is 0.108. The molecule has 4 rings (SSSR count). The Morgan fingerprint density at radius 1 is 1.30 bits per heavy atom. The first-order valence-electron chi connectivity index (χ1n) is 9.27. The van der Waals surface area contributed by atoms with Crippen molar-refractivity contribution in [1.82, 2.24) is 25.2 Å². The minimum Gasteiger partial charge on any atom is -0.457 e. The molecule has 9 nitrogen and oxygen atoms in total. The van der Waals surface area contributed by atoms with E-state index in [0.717, 1.165) is 17.5 Å². The first-order chi connectivity index (χ1) is 13.2. The van der Waals surface area contributed by atoms with Crippen molar-refractivity contribution in [3.05, 3.63) is 30.1 Å². The number of fused-ring (bicyclic) bond motifs is 1. The van der Waals surface area contributed by atoms with Crippen LogP contribution in [0.2, 0.25) is 0 Å². The molecular weight excluding hydrogens is 348 g/mol. The van der Waals surface area contributed by atoms with E-state index in [4.69, 9.17) is 9.15 Å². The van der Waals surface area contributed by atoms with Crippen LogP contribution in [0.5, 0.6) is 0 Å². The van der Waals surface area contributed by atoms with E-state index in [1.54, 1.807) is 4.68 Å². The number of piperidine rings is 1. The Kier molecular flexibility index (Phi) is 4.99. The number of tetrazole rings is 1. The number of hydrogen-bond donors (Lipinski definition) is 0. The summed E-state index contributed by atoms with van der Waals surface area (Å²) in [6, 6.07) is 8.31. The molecule has 1 aromatic carbocycles. The van der Waals surface area contributed by atoms with Gasteiger partial charge in [-0.25, -0.2) is 4.68 Å². The van der Waals surface area contributed by atoms with Crippen molar-refractivity contribution in [2.24, 2.45) is 5.92 Å². The maximum atomic E-state index is 12.4. The molecule has 9 heteroatoms. The Bertz CT molecular complexity index is 880. The molecule has 2 aromatic heterocycles. The van der Waals surface area contributed by atoms with Crippen LogP contribution in [0.3, 0.4) is 0 Å². The molecule has 142 valence electrons. The van der Waals surface area contributed by atoms with Gasteiger partial charge < -0.3 is 14.1 Å². The van der Waals surface area contributed by atoms with Crippen LogP contribution < -0.4 is 4.90 Å². The van der Waals surface area contributed by atoms with Crippen molar-refractivity contribution in [3.63, 3.8) is 0 Å². The van der Waals surface area contributed by atoms with Crippen LogP contribution in [0.1, 0.15) is 32.0 Å². The van der Waals surface area contributed by atoms with Crippen LogP contribution in [0.4, 0.5) is 6.01 Å². The van der Waals surface area contributed by atoms with Gasteiger partial charge in [0.05, 0.1) is 5.92 Å². The number of rotatable bonds is 6. The van der Waals surface area contributed by atoms with Crippen molar-refractivity contribution in [2.45, 2.75) is 39.3 Å². The van der Waals surface area contributed by atoms with E-state index in [0.29, 0.717) is 44.3 Å². The number of nitrogens with zero attached hydrogens (tertiary/aromatic N) is 6. The summed E-state index contributed by atoms with van der Waals surface area (Å²) in [5.41, 5.74) is 1.62. The van der Waals surface area contributed by atoms with Gasteiger partial charge in [0.1, 0.15) is 5.52 Å². The van der Waals surface area contributed by atoms with Crippen LogP contribution in [-0.4, -0.2) is 44.3 Å². The van der Waals surface area contributed by atoms with Crippen molar-refractivity contribution < 1.29 is 13.9 Å². The monoisotopic (exact) mass is 370 g/mol. The van der Waals surface area contributed by atoms with Gasteiger partial charge in [-0.15, -0.1) is 5.10 Å². The number of hydrogen-bond acceptors (Lipinski definition) is 8. The third-order valence-corrected chi connectivity index (χ3v) is 4.77. The summed E-state index contributed by atoms with van der Waals surface area (Å²) >= 11 is 0. The predicted octanol–water partition coefficient (Wildman–Crippen LogP) is 2.18. The number of aromatic nitrogens is 5. The van der Waals surface area contributed by atoms with Gasteiger partial charge in [-0.3, -0.25) is 4.79 Å². The second kappa shape index (κ2) is 7.73. The predicted molar refractivity (Wildman–Crippen MR) is 96.9 cm³/mol. The molecule has 0 atom stereocenters. The van der Waals surface area contributed by atoms with E-state index in [1.807, 2.05) is 31.2 Å². The SMILES string of the molecule is CCCn1nnnc1COC(=O)C1CCN(c2nc3ccccc3o2)CC1. The van der Waals surface area contributed by atoms with Gasteiger partial charge in [0, 0.05) is 19.6 Å². The van der Waals surface area contributed by atoms with E-state index < -0.39 is 0 Å². The van der Waals surface area contributed by atoms with Crippen LogP contribution in [0, 0.1) is 5.92 Å². The lowest BCUT2D eigenvalue weighted by Crippen LogP contribution is -2.37. The topological polar surface area (TPSA) is 99.2 Å². The number of aryl methyl sites for hydroxylation is 1. The fourth-order valence-electron chi connectivity index (χ4n) is 3.27. The summed E-state index contributed by atoms with van der Waals surface area (Å²) < 4.78 is 12.9. The zero-order chi connectivity index (χ0) is 18.6. The molecule has 0 bridgehead atoms. The Morgan fingerprint density at radius 3 is 2.89 bits per heavy atom. The average molecular weight is 370 g/mol. The number of benzene rings is 1. The zero-order valence-electron chi connectivity index (χ0n) is 15.2. The molecule has 27 heavy (non-hydrogen) atoms. The Morgan fingerprint density at radius 2 is 2.11 bits per heavy atom. The molecule has 1 aliphatic heterocycles. The van der Waals surface area contributed by atoms with Gasteiger partial charge in [-0.1, -0.05) is 19.1 Å². The quantitative estimate of drug-likeness (QED) is 0.609. The molecule has 1 aliphatic rings. The lowest BCUT2D eigenvalue weighted by molar-refractivity contribution is -0.151. The maximum Gasteiger partial charge on any atom is 0.309 e. The third kappa shape index (κ3) is 3.76. The summed E-state index contributed by atoms with van der Waals surface area (Å²) in [5.74, 6) is 0.258. The first kappa shape index (κ1) is 17.4. The van der Waals surface area contributed by atoms with E-state index in [1.165, 1.54) is 0 Å². The molecule has 0 saturated carbocycles. The number of anilines is 1. The normalized spacial score (nSPS) is 15.4. The van der Waals surface area contributed by atoms with E-state index in [9.17, 15) is 4.79 Å². The average Bonchev–Trinajstić information content (AvgIpc) is 3.33. The minimum atomic E-state index is -0.196. The Labute approximate surface area is 156 Å². The zero-order valence-corrected chi connectivity index (χ0v) is 15.2. The Balaban J connectivity index is 1.30.